The van der Waals surface area contributed by atoms with Crippen LogP contribution in [0.1, 0.15) is 56.7 Å². The number of rotatable bonds is 9. The monoisotopic (exact) mass is 454 g/mol. The van der Waals surface area contributed by atoms with Gasteiger partial charge in [-0.25, -0.2) is 8.42 Å². The third-order valence-electron chi connectivity index (χ3n) is 6.39. The predicted molar refractivity (Wildman–Crippen MR) is 130 cm³/mol. The molecule has 2 aromatic carbocycles. The maximum atomic E-state index is 13.1. The first-order chi connectivity index (χ1) is 15.4. The largest absolute Gasteiger partial charge is 0.349 e. The van der Waals surface area contributed by atoms with E-state index < -0.39 is 10.0 Å². The summed E-state index contributed by atoms with van der Waals surface area (Å²) in [7, 11) is -3.50. The van der Waals surface area contributed by atoms with Gasteiger partial charge in [-0.05, 0) is 36.0 Å². The number of piperidine rings is 1. The number of sulfonamides is 1. The number of nitrogens with one attached hydrogen (secondary N) is 1. The molecular weight excluding hydrogens is 420 g/mol. The molecule has 1 amide bonds. The van der Waals surface area contributed by atoms with Crippen molar-refractivity contribution in [1.29, 1.82) is 0 Å². The van der Waals surface area contributed by atoms with Crippen LogP contribution in [0.15, 0.2) is 66.1 Å². The summed E-state index contributed by atoms with van der Waals surface area (Å²) in [5, 5.41) is 4.55. The van der Waals surface area contributed by atoms with E-state index in [9.17, 15) is 13.2 Å². The van der Waals surface area contributed by atoms with Crippen LogP contribution in [0.5, 0.6) is 0 Å². The lowest BCUT2D eigenvalue weighted by Crippen LogP contribution is -2.44. The van der Waals surface area contributed by atoms with Gasteiger partial charge in [-0.15, -0.1) is 0 Å². The van der Waals surface area contributed by atoms with Gasteiger partial charge in [-0.1, -0.05) is 87.4 Å². The fourth-order valence-corrected chi connectivity index (χ4v) is 5.57. The molecule has 0 bridgehead atoms. The van der Waals surface area contributed by atoms with E-state index in [1.165, 1.54) is 9.71 Å². The average Bonchev–Trinajstić information content (AvgIpc) is 2.84. The summed E-state index contributed by atoms with van der Waals surface area (Å²) in [5.74, 6) is 0.229. The fraction of sp³-hybridized carbons (Fsp3) is 0.423. The van der Waals surface area contributed by atoms with Gasteiger partial charge >= 0.3 is 0 Å². The Morgan fingerprint density at radius 1 is 1.00 bits per heavy atom. The molecule has 3 rings (SSSR count). The molecule has 0 radical (unpaired) electrons. The zero-order valence-electron chi connectivity index (χ0n) is 19.0. The number of hydrogen-bond donors (Lipinski definition) is 1. The van der Waals surface area contributed by atoms with Crippen LogP contribution < -0.4 is 5.32 Å². The molecule has 1 aliphatic heterocycles. The third kappa shape index (κ3) is 6.30. The molecule has 32 heavy (non-hydrogen) atoms. The maximum absolute atomic E-state index is 13.1. The summed E-state index contributed by atoms with van der Waals surface area (Å²) < 4.78 is 26.9. The van der Waals surface area contributed by atoms with E-state index in [4.69, 9.17) is 0 Å². The standard InChI is InChI=1S/C26H34N2O3S/c1-3-22(4-2)25(23-13-9-6-10-14-23)27-26(29)24-15-18-28(19-16-24)32(30,31)20-17-21-11-7-5-8-12-21/h5-14,17,20,22,24-25H,3-4,15-16,18-19H2,1-2H3,(H,27,29)/b20-17+. The quantitative estimate of drug-likeness (QED) is 0.580. The lowest BCUT2D eigenvalue weighted by atomic mass is 9.87. The van der Waals surface area contributed by atoms with Gasteiger partial charge in [0.1, 0.15) is 0 Å². The van der Waals surface area contributed by atoms with Crippen LogP contribution >= 0.6 is 0 Å². The third-order valence-corrected chi connectivity index (χ3v) is 7.96. The molecule has 1 fully saturated rings. The Bertz CT molecular complexity index is 978. The summed E-state index contributed by atoms with van der Waals surface area (Å²) in [6.07, 6.45) is 4.67. The molecule has 0 saturated carbocycles. The van der Waals surface area contributed by atoms with Crippen LogP contribution in [0.4, 0.5) is 0 Å². The van der Waals surface area contributed by atoms with Crippen molar-refractivity contribution in [3.63, 3.8) is 0 Å². The van der Waals surface area contributed by atoms with Crippen molar-refractivity contribution in [2.75, 3.05) is 13.1 Å². The zero-order valence-corrected chi connectivity index (χ0v) is 19.8. The first kappa shape index (κ1) is 24.2. The molecular formula is C26H34N2O3S. The van der Waals surface area contributed by atoms with Crippen LogP contribution in [-0.4, -0.2) is 31.7 Å². The Balaban J connectivity index is 1.61. The Hall–Kier alpha value is -2.44. The molecule has 0 aliphatic carbocycles. The molecule has 1 saturated heterocycles. The van der Waals surface area contributed by atoms with E-state index in [-0.39, 0.29) is 17.9 Å². The number of hydrogen-bond acceptors (Lipinski definition) is 3. The van der Waals surface area contributed by atoms with Crippen molar-refractivity contribution in [3.8, 4) is 0 Å². The van der Waals surface area contributed by atoms with Crippen molar-refractivity contribution in [1.82, 2.24) is 9.62 Å². The molecule has 1 heterocycles. The van der Waals surface area contributed by atoms with Crippen LogP contribution in [0.2, 0.25) is 0 Å². The minimum Gasteiger partial charge on any atom is -0.349 e. The number of carbonyl (C=O) groups excluding carboxylic acids is 1. The first-order valence-corrected chi connectivity index (χ1v) is 13.0. The molecule has 172 valence electrons. The molecule has 0 aromatic heterocycles. The maximum Gasteiger partial charge on any atom is 0.236 e. The van der Waals surface area contributed by atoms with Gasteiger partial charge < -0.3 is 5.32 Å². The Labute approximate surface area is 192 Å². The van der Waals surface area contributed by atoms with Gasteiger partial charge in [0.25, 0.3) is 0 Å². The SMILES string of the molecule is CCC(CC)C(NC(=O)C1CCN(S(=O)(=O)/C=C/c2ccccc2)CC1)c1ccccc1. The van der Waals surface area contributed by atoms with E-state index in [1.807, 2.05) is 48.5 Å². The Kier molecular flexibility index (Phi) is 8.65. The summed E-state index contributed by atoms with van der Waals surface area (Å²) in [4.78, 5) is 13.1. The van der Waals surface area contributed by atoms with Crippen LogP contribution in [-0.2, 0) is 14.8 Å². The van der Waals surface area contributed by atoms with Gasteiger partial charge in [0, 0.05) is 24.4 Å². The summed E-state index contributed by atoms with van der Waals surface area (Å²) in [5.41, 5.74) is 1.97. The highest BCUT2D eigenvalue weighted by Crippen LogP contribution is 2.29. The summed E-state index contributed by atoms with van der Waals surface area (Å²) >= 11 is 0. The number of nitrogens with zero attached hydrogens (tertiary/aromatic N) is 1. The Morgan fingerprint density at radius 2 is 1.56 bits per heavy atom. The van der Waals surface area contributed by atoms with Gasteiger partial charge in [0.2, 0.25) is 15.9 Å². The fourth-order valence-electron chi connectivity index (χ4n) is 4.35. The minimum atomic E-state index is -3.50. The molecule has 1 N–H and O–H groups in total. The van der Waals surface area contributed by atoms with E-state index in [2.05, 4.69) is 31.3 Å². The first-order valence-electron chi connectivity index (χ1n) is 11.5. The number of carbonyl (C=O) groups is 1. The highest BCUT2D eigenvalue weighted by atomic mass is 32.2. The van der Waals surface area contributed by atoms with Crippen LogP contribution in [0, 0.1) is 11.8 Å². The molecule has 5 nitrogen and oxygen atoms in total. The topological polar surface area (TPSA) is 66.5 Å². The average molecular weight is 455 g/mol. The van der Waals surface area contributed by atoms with E-state index in [1.54, 1.807) is 6.08 Å². The second kappa shape index (κ2) is 11.4. The van der Waals surface area contributed by atoms with Crippen molar-refractivity contribution in [2.24, 2.45) is 11.8 Å². The minimum absolute atomic E-state index is 0.0192. The van der Waals surface area contributed by atoms with Crippen LogP contribution in [0.25, 0.3) is 6.08 Å². The molecule has 1 aliphatic rings. The smallest absolute Gasteiger partial charge is 0.236 e. The van der Waals surface area contributed by atoms with Crippen molar-refractivity contribution >= 4 is 22.0 Å². The highest BCUT2D eigenvalue weighted by molar-refractivity contribution is 7.92. The lowest BCUT2D eigenvalue weighted by molar-refractivity contribution is -0.127. The Morgan fingerprint density at radius 3 is 2.12 bits per heavy atom. The van der Waals surface area contributed by atoms with Gasteiger partial charge in [-0.2, -0.15) is 4.31 Å². The van der Waals surface area contributed by atoms with Gasteiger partial charge in [0.05, 0.1) is 6.04 Å². The zero-order chi connectivity index (χ0) is 23.0. The normalized spacial score (nSPS) is 17.0. The summed E-state index contributed by atoms with van der Waals surface area (Å²) in [6, 6.07) is 19.5. The van der Waals surface area contributed by atoms with E-state index >= 15 is 0 Å². The van der Waals surface area contributed by atoms with E-state index in [0.29, 0.717) is 31.8 Å². The van der Waals surface area contributed by atoms with Gasteiger partial charge in [-0.3, -0.25) is 4.79 Å². The van der Waals surface area contributed by atoms with E-state index in [0.717, 1.165) is 24.0 Å². The molecule has 0 spiro atoms. The highest BCUT2D eigenvalue weighted by Gasteiger charge is 2.32. The number of benzene rings is 2. The second-order valence-electron chi connectivity index (χ2n) is 8.41. The van der Waals surface area contributed by atoms with Crippen molar-refractivity contribution < 1.29 is 13.2 Å². The molecule has 1 atom stereocenters. The van der Waals surface area contributed by atoms with Crippen LogP contribution in [0.3, 0.4) is 0 Å². The van der Waals surface area contributed by atoms with Crippen molar-refractivity contribution in [3.05, 3.63) is 77.2 Å². The second-order valence-corrected chi connectivity index (χ2v) is 10.2. The molecule has 2 aromatic rings. The molecule has 6 heteroatoms. The summed E-state index contributed by atoms with van der Waals surface area (Å²) in [6.45, 7) is 5.03. The predicted octanol–water partition coefficient (Wildman–Crippen LogP) is 4.99. The lowest BCUT2D eigenvalue weighted by Gasteiger charge is -2.32. The van der Waals surface area contributed by atoms with Crippen molar-refractivity contribution in [2.45, 2.75) is 45.6 Å². The van der Waals surface area contributed by atoms with Gasteiger partial charge in [0.15, 0.2) is 0 Å². The number of amides is 1. The molecule has 1 unspecified atom stereocenters.